The first kappa shape index (κ1) is 19.2. The zero-order valence-corrected chi connectivity index (χ0v) is 15.7. The molecule has 3 N–H and O–H groups in total. The van der Waals surface area contributed by atoms with E-state index in [1.54, 1.807) is 11.8 Å². The van der Waals surface area contributed by atoms with Gasteiger partial charge in [0.25, 0.3) is 0 Å². The zero-order valence-electron chi connectivity index (χ0n) is 14.9. The average molecular weight is 378 g/mol. The predicted molar refractivity (Wildman–Crippen MR) is 103 cm³/mol. The molecule has 1 aromatic carbocycles. The van der Waals surface area contributed by atoms with Crippen molar-refractivity contribution in [2.24, 2.45) is 5.92 Å². The number of amides is 2. The molecule has 2 aliphatic rings. The number of benzene rings is 1. The molecule has 142 valence electrons. The number of hydrogen-bond donors (Lipinski definition) is 3. The smallest absolute Gasteiger partial charge is 0.248 e. The number of rotatable bonds is 7. The molecular formula is C19H27N3O3S. The van der Waals surface area contributed by atoms with Crippen molar-refractivity contribution in [3.63, 3.8) is 0 Å². The third kappa shape index (κ3) is 5.22. The highest BCUT2D eigenvalue weighted by Crippen LogP contribution is 2.20. The van der Waals surface area contributed by atoms with E-state index in [4.69, 9.17) is 0 Å². The van der Waals surface area contributed by atoms with Crippen LogP contribution in [-0.4, -0.2) is 65.2 Å². The van der Waals surface area contributed by atoms with E-state index >= 15 is 0 Å². The van der Waals surface area contributed by atoms with Crippen molar-refractivity contribution in [3.8, 4) is 0 Å². The van der Waals surface area contributed by atoms with Crippen molar-refractivity contribution < 1.29 is 14.7 Å². The first-order chi connectivity index (χ1) is 12.6. The normalized spacial score (nSPS) is 23.8. The second-order valence-corrected chi connectivity index (χ2v) is 8.06. The van der Waals surface area contributed by atoms with Crippen molar-refractivity contribution in [1.29, 1.82) is 0 Å². The highest BCUT2D eigenvalue weighted by atomic mass is 32.2. The van der Waals surface area contributed by atoms with E-state index < -0.39 is 6.10 Å². The van der Waals surface area contributed by atoms with Gasteiger partial charge in [-0.25, -0.2) is 0 Å². The van der Waals surface area contributed by atoms with E-state index in [0.29, 0.717) is 19.4 Å². The van der Waals surface area contributed by atoms with Gasteiger partial charge in [0.05, 0.1) is 11.9 Å². The molecule has 0 radical (unpaired) electrons. The molecule has 0 aromatic heterocycles. The molecule has 2 heterocycles. The number of nitrogens with one attached hydrogen (secondary N) is 2. The molecule has 2 fully saturated rings. The third-order valence-electron chi connectivity index (χ3n) is 5.00. The molecule has 2 amide bonds. The van der Waals surface area contributed by atoms with Crippen molar-refractivity contribution in [3.05, 3.63) is 35.9 Å². The fourth-order valence-electron chi connectivity index (χ4n) is 3.40. The monoisotopic (exact) mass is 377 g/mol. The molecule has 3 rings (SSSR count). The van der Waals surface area contributed by atoms with Crippen LogP contribution in [0.2, 0.25) is 0 Å². The molecule has 7 heteroatoms. The minimum Gasteiger partial charge on any atom is -0.383 e. The van der Waals surface area contributed by atoms with Crippen LogP contribution < -0.4 is 10.6 Å². The van der Waals surface area contributed by atoms with E-state index in [2.05, 4.69) is 10.6 Å². The number of aryl methyl sites for hydroxylation is 1. The van der Waals surface area contributed by atoms with Crippen LogP contribution in [0.3, 0.4) is 0 Å². The number of nitrogens with zero attached hydrogens (tertiary/aromatic N) is 1. The van der Waals surface area contributed by atoms with Gasteiger partial charge in [0.1, 0.15) is 6.10 Å². The Morgan fingerprint density at radius 3 is 2.88 bits per heavy atom. The van der Waals surface area contributed by atoms with Gasteiger partial charge in [-0.2, -0.15) is 0 Å². The lowest BCUT2D eigenvalue weighted by molar-refractivity contribution is -0.131. The van der Waals surface area contributed by atoms with Gasteiger partial charge in [-0.3, -0.25) is 9.59 Å². The molecule has 0 bridgehead atoms. The van der Waals surface area contributed by atoms with E-state index in [0.717, 1.165) is 36.7 Å². The van der Waals surface area contributed by atoms with Crippen LogP contribution in [0.5, 0.6) is 0 Å². The highest BCUT2D eigenvalue weighted by Gasteiger charge is 2.33. The molecule has 2 aliphatic heterocycles. The minimum atomic E-state index is -0.997. The maximum Gasteiger partial charge on any atom is 0.248 e. The van der Waals surface area contributed by atoms with E-state index in [-0.39, 0.29) is 23.8 Å². The number of aliphatic hydroxyl groups excluding tert-OH is 1. The van der Waals surface area contributed by atoms with E-state index in [1.807, 2.05) is 35.2 Å². The van der Waals surface area contributed by atoms with Crippen LogP contribution in [0.25, 0.3) is 0 Å². The van der Waals surface area contributed by atoms with Crippen LogP contribution in [0.1, 0.15) is 18.4 Å². The number of hydrogen-bond acceptors (Lipinski definition) is 5. The van der Waals surface area contributed by atoms with Gasteiger partial charge in [0.15, 0.2) is 0 Å². The van der Waals surface area contributed by atoms with Crippen LogP contribution >= 0.6 is 11.8 Å². The summed E-state index contributed by atoms with van der Waals surface area (Å²) in [5.41, 5.74) is 1.11. The van der Waals surface area contributed by atoms with E-state index in [9.17, 15) is 14.7 Å². The lowest BCUT2D eigenvalue weighted by atomic mass is 10.0. The zero-order chi connectivity index (χ0) is 18.4. The van der Waals surface area contributed by atoms with Crippen molar-refractivity contribution in [1.82, 2.24) is 15.5 Å². The molecule has 3 unspecified atom stereocenters. The summed E-state index contributed by atoms with van der Waals surface area (Å²) in [6, 6.07) is 9.69. The number of aliphatic hydroxyl groups is 1. The minimum absolute atomic E-state index is 0.140. The summed E-state index contributed by atoms with van der Waals surface area (Å²) < 4.78 is 0. The second-order valence-electron chi connectivity index (χ2n) is 6.99. The second kappa shape index (κ2) is 9.39. The van der Waals surface area contributed by atoms with Gasteiger partial charge in [-0.15, -0.1) is 11.8 Å². The fourth-order valence-corrected chi connectivity index (χ4v) is 4.36. The van der Waals surface area contributed by atoms with Crippen molar-refractivity contribution in [2.75, 3.05) is 31.3 Å². The largest absolute Gasteiger partial charge is 0.383 e. The maximum absolute atomic E-state index is 12.4. The lowest BCUT2D eigenvalue weighted by Crippen LogP contribution is -2.42. The Morgan fingerprint density at radius 1 is 1.35 bits per heavy atom. The molecule has 1 aromatic rings. The SMILES string of the molecule is O=C(NCC1CNC(C(=O)N2CCSC2)C1)C(O)CCc1ccccc1. The molecule has 6 nitrogen and oxygen atoms in total. The Balaban J connectivity index is 1.35. The number of carbonyl (C=O) groups is 2. The first-order valence-electron chi connectivity index (χ1n) is 9.23. The van der Waals surface area contributed by atoms with Gasteiger partial charge in [0, 0.05) is 25.4 Å². The molecule has 0 spiro atoms. The summed E-state index contributed by atoms with van der Waals surface area (Å²) in [6.07, 6.45) is 0.821. The summed E-state index contributed by atoms with van der Waals surface area (Å²) in [6.45, 7) is 2.04. The summed E-state index contributed by atoms with van der Waals surface area (Å²) in [5.74, 6) is 1.87. The number of carbonyl (C=O) groups excluding carboxylic acids is 2. The van der Waals surface area contributed by atoms with Gasteiger partial charge in [0.2, 0.25) is 11.8 Å². The van der Waals surface area contributed by atoms with Crippen LogP contribution in [0.4, 0.5) is 0 Å². The topological polar surface area (TPSA) is 81.7 Å². The standard InChI is InChI=1S/C19H27N3O3S/c23-17(7-6-14-4-2-1-3-5-14)18(24)21-12-15-10-16(20-11-15)19(25)22-8-9-26-13-22/h1-5,15-17,20,23H,6-13H2,(H,21,24). The molecule has 0 saturated carbocycles. The molecule has 0 aliphatic carbocycles. The van der Waals surface area contributed by atoms with Gasteiger partial charge < -0.3 is 20.6 Å². The molecule has 26 heavy (non-hydrogen) atoms. The predicted octanol–water partition coefficient (Wildman–Crippen LogP) is 0.607. The fraction of sp³-hybridized carbons (Fsp3) is 0.579. The highest BCUT2D eigenvalue weighted by molar-refractivity contribution is 7.99. The van der Waals surface area contributed by atoms with Crippen LogP contribution in [-0.2, 0) is 16.0 Å². The Morgan fingerprint density at radius 2 is 2.15 bits per heavy atom. The van der Waals surface area contributed by atoms with E-state index in [1.165, 1.54) is 0 Å². The van der Waals surface area contributed by atoms with Crippen LogP contribution in [0.15, 0.2) is 30.3 Å². The van der Waals surface area contributed by atoms with Crippen LogP contribution in [0, 0.1) is 5.92 Å². The summed E-state index contributed by atoms with van der Waals surface area (Å²) in [4.78, 5) is 26.4. The summed E-state index contributed by atoms with van der Waals surface area (Å²) in [5, 5.41) is 16.1. The Hall–Kier alpha value is -1.57. The maximum atomic E-state index is 12.4. The molecule has 2 saturated heterocycles. The quantitative estimate of drug-likeness (QED) is 0.649. The Labute approximate surface area is 158 Å². The van der Waals surface area contributed by atoms with Crippen molar-refractivity contribution in [2.45, 2.75) is 31.4 Å². The molecule has 3 atom stereocenters. The van der Waals surface area contributed by atoms with Gasteiger partial charge in [-0.05, 0) is 30.7 Å². The lowest BCUT2D eigenvalue weighted by Gasteiger charge is -2.19. The van der Waals surface area contributed by atoms with Gasteiger partial charge in [-0.1, -0.05) is 30.3 Å². The first-order valence-corrected chi connectivity index (χ1v) is 10.4. The average Bonchev–Trinajstić information content (AvgIpc) is 3.36. The van der Waals surface area contributed by atoms with Crippen molar-refractivity contribution >= 4 is 23.6 Å². The van der Waals surface area contributed by atoms with Gasteiger partial charge >= 0.3 is 0 Å². The Bertz CT molecular complexity index is 607. The number of thioether (sulfide) groups is 1. The third-order valence-corrected chi connectivity index (χ3v) is 5.97. The summed E-state index contributed by atoms with van der Waals surface area (Å²) in [7, 11) is 0. The molecular weight excluding hydrogens is 350 g/mol. The summed E-state index contributed by atoms with van der Waals surface area (Å²) >= 11 is 1.78. The Kier molecular flexibility index (Phi) is 6.93.